The van der Waals surface area contributed by atoms with Gasteiger partial charge in [-0.1, -0.05) is 48.5 Å². The summed E-state index contributed by atoms with van der Waals surface area (Å²) in [6, 6.07) is 28.9. The number of rotatable bonds is 6. The lowest BCUT2D eigenvalue weighted by Crippen LogP contribution is -2.58. The first-order chi connectivity index (χ1) is 28.7. The summed E-state index contributed by atoms with van der Waals surface area (Å²) >= 11 is 0. The van der Waals surface area contributed by atoms with Crippen LogP contribution < -0.4 is 19.7 Å². The Morgan fingerprint density at radius 2 is 1.58 bits per heavy atom. The number of imide groups is 1. The Bertz CT molecular complexity index is 2300. The van der Waals surface area contributed by atoms with Crippen LogP contribution >= 0.6 is 0 Å². The molecule has 6 aliphatic heterocycles. The van der Waals surface area contributed by atoms with E-state index in [1.165, 1.54) is 54.6 Å². The van der Waals surface area contributed by atoms with Crippen LogP contribution in [0.2, 0.25) is 0 Å². The molecule has 4 fully saturated rings. The van der Waals surface area contributed by atoms with E-state index in [4.69, 9.17) is 9.47 Å². The topological polar surface area (TPSA) is 112 Å². The molecule has 2 N–H and O–H groups in total. The average Bonchev–Trinajstić information content (AvgIpc) is 3.75. The number of piperidine rings is 2. The molecule has 2 spiro atoms. The van der Waals surface area contributed by atoms with E-state index in [1.807, 2.05) is 12.1 Å². The third-order valence-corrected chi connectivity index (χ3v) is 15.2. The molecule has 0 bridgehead atoms. The van der Waals surface area contributed by atoms with Crippen molar-refractivity contribution < 1.29 is 29.0 Å². The summed E-state index contributed by atoms with van der Waals surface area (Å²) in [4.78, 5) is 44.6. The van der Waals surface area contributed by atoms with Crippen LogP contribution in [0.15, 0.2) is 84.9 Å². The van der Waals surface area contributed by atoms with Gasteiger partial charge in [0, 0.05) is 83.7 Å². The van der Waals surface area contributed by atoms with Crippen LogP contribution in [-0.2, 0) is 21.5 Å². The molecule has 3 saturated heterocycles. The van der Waals surface area contributed by atoms with Gasteiger partial charge in [0.05, 0.1) is 13.2 Å². The number of fused-ring (bicyclic) bond motifs is 4. The van der Waals surface area contributed by atoms with Crippen molar-refractivity contribution in [2.75, 3.05) is 50.8 Å². The highest BCUT2D eigenvalue weighted by Crippen LogP contribution is 2.51. The quantitative estimate of drug-likeness (QED) is 0.204. The van der Waals surface area contributed by atoms with Crippen molar-refractivity contribution in [1.82, 2.24) is 15.1 Å². The number of aromatic hydroxyl groups is 1. The van der Waals surface area contributed by atoms with E-state index >= 15 is 0 Å². The third kappa shape index (κ3) is 6.37. The summed E-state index contributed by atoms with van der Waals surface area (Å²) in [7, 11) is 0. The van der Waals surface area contributed by atoms with Crippen molar-refractivity contribution >= 4 is 23.4 Å². The minimum atomic E-state index is -0.606. The molecule has 3 amide bonds. The SMILES string of the molecule is O=C1CCC(N2Cc3cc4c(cc3C2=O)OCC42CCN(CC3CCC4(CC3)CN(c3ccc([C@H]5c6ccc(O)cc6OC[C@H]5c5ccccc5)cc3)C4)CC2)C(=O)N1. The number of hydrogen-bond acceptors (Lipinski definition) is 8. The number of likely N-dealkylation sites (tertiary alicyclic amines) is 1. The predicted molar refractivity (Wildman–Crippen MR) is 223 cm³/mol. The van der Waals surface area contributed by atoms with Gasteiger partial charge < -0.3 is 29.3 Å². The van der Waals surface area contributed by atoms with Crippen molar-refractivity contribution in [3.05, 3.63) is 118 Å². The Morgan fingerprint density at radius 3 is 2.34 bits per heavy atom. The fourth-order valence-corrected chi connectivity index (χ4v) is 11.8. The van der Waals surface area contributed by atoms with Crippen LogP contribution in [0.1, 0.15) is 101 Å². The van der Waals surface area contributed by atoms with Crippen LogP contribution in [0.3, 0.4) is 0 Å². The molecule has 59 heavy (non-hydrogen) atoms. The summed E-state index contributed by atoms with van der Waals surface area (Å²) in [5.74, 6) is 2.11. The van der Waals surface area contributed by atoms with Gasteiger partial charge in [-0.3, -0.25) is 19.7 Å². The average molecular weight is 793 g/mol. The number of carbonyl (C=O) groups is 3. The lowest BCUT2D eigenvalue weighted by Gasteiger charge is -2.55. The van der Waals surface area contributed by atoms with Crippen LogP contribution in [-0.4, -0.2) is 84.6 Å². The molecule has 6 heterocycles. The number of amides is 3. The van der Waals surface area contributed by atoms with E-state index in [0.29, 0.717) is 37.2 Å². The number of hydrogen-bond donors (Lipinski definition) is 2. The Labute approximate surface area is 345 Å². The van der Waals surface area contributed by atoms with Crippen LogP contribution in [0.25, 0.3) is 0 Å². The van der Waals surface area contributed by atoms with Crippen molar-refractivity contribution in [1.29, 1.82) is 0 Å². The van der Waals surface area contributed by atoms with E-state index in [-0.39, 0.29) is 47.1 Å². The first kappa shape index (κ1) is 36.7. The van der Waals surface area contributed by atoms with Gasteiger partial charge in [0.2, 0.25) is 11.8 Å². The Hall–Kier alpha value is -5.35. The summed E-state index contributed by atoms with van der Waals surface area (Å²) < 4.78 is 12.5. The number of benzene rings is 4. The molecule has 304 valence electrons. The first-order valence-corrected chi connectivity index (χ1v) is 21.8. The Morgan fingerprint density at radius 1 is 0.797 bits per heavy atom. The second-order valence-electron chi connectivity index (χ2n) is 18.7. The monoisotopic (exact) mass is 792 g/mol. The lowest BCUT2D eigenvalue weighted by atomic mass is 9.65. The highest BCUT2D eigenvalue weighted by Gasteiger charge is 2.48. The highest BCUT2D eigenvalue weighted by molar-refractivity contribution is 6.05. The second-order valence-corrected chi connectivity index (χ2v) is 18.7. The van der Waals surface area contributed by atoms with Crippen LogP contribution in [0, 0.1) is 11.3 Å². The highest BCUT2D eigenvalue weighted by atomic mass is 16.5. The van der Waals surface area contributed by atoms with E-state index in [0.717, 1.165) is 67.6 Å². The van der Waals surface area contributed by atoms with Crippen LogP contribution in [0.5, 0.6) is 17.2 Å². The van der Waals surface area contributed by atoms with Gasteiger partial charge in [0.15, 0.2) is 0 Å². The zero-order valence-corrected chi connectivity index (χ0v) is 33.5. The fourth-order valence-electron chi connectivity index (χ4n) is 11.8. The number of ether oxygens (including phenoxy) is 2. The summed E-state index contributed by atoms with van der Waals surface area (Å²) in [6.45, 7) is 7.20. The lowest BCUT2D eigenvalue weighted by molar-refractivity contribution is -0.136. The molecule has 0 aromatic heterocycles. The van der Waals surface area contributed by atoms with Crippen molar-refractivity contribution in [3.8, 4) is 17.2 Å². The number of phenols is 1. The first-order valence-electron chi connectivity index (χ1n) is 21.8. The molecule has 4 aromatic carbocycles. The second kappa shape index (κ2) is 14.1. The summed E-state index contributed by atoms with van der Waals surface area (Å²) in [5.41, 5.74) is 8.20. The number of carbonyl (C=O) groups excluding carboxylic acids is 3. The summed E-state index contributed by atoms with van der Waals surface area (Å²) in [6.07, 6.45) is 7.91. The zero-order chi connectivity index (χ0) is 39.9. The van der Waals surface area contributed by atoms with Gasteiger partial charge >= 0.3 is 0 Å². The largest absolute Gasteiger partial charge is 0.508 e. The number of anilines is 1. The normalized spacial score (nSPS) is 25.8. The Balaban J connectivity index is 0.684. The van der Waals surface area contributed by atoms with Crippen molar-refractivity contribution in [3.63, 3.8) is 0 Å². The molecule has 11 rings (SSSR count). The minimum absolute atomic E-state index is 0.0287. The van der Waals surface area contributed by atoms with E-state index in [9.17, 15) is 19.5 Å². The molecule has 10 heteroatoms. The Kier molecular flexibility index (Phi) is 8.80. The van der Waals surface area contributed by atoms with Gasteiger partial charge in [-0.15, -0.1) is 0 Å². The van der Waals surface area contributed by atoms with E-state index in [1.54, 1.807) is 17.0 Å². The standard InChI is InChI=1S/C49H52N4O6/c54-36-10-11-37-42(23-36)58-27-39(32-4-2-1-3-5-32)45(37)33-6-8-35(9-7-33)52-28-48(29-52)16-14-31(15-17-48)25-51-20-18-49(19-21-51)30-59-43-24-38-34(22-40(43)49)26-53(47(38)57)41-12-13-44(55)50-46(41)56/h1-11,22-24,31,39,41,45,54H,12-21,25-30H2,(H,50,55,56)/t39-,41?,45-/m0/s1. The fraction of sp³-hybridized carbons (Fsp3) is 0.449. The van der Waals surface area contributed by atoms with Crippen molar-refractivity contribution in [2.45, 2.75) is 81.2 Å². The number of nitrogens with zero attached hydrogens (tertiary/aromatic N) is 3. The molecule has 1 aliphatic carbocycles. The molecule has 4 aromatic rings. The molecular formula is C49H52N4O6. The van der Waals surface area contributed by atoms with Gasteiger partial charge in [-0.2, -0.15) is 0 Å². The smallest absolute Gasteiger partial charge is 0.255 e. The minimum Gasteiger partial charge on any atom is -0.508 e. The van der Waals surface area contributed by atoms with E-state index < -0.39 is 6.04 Å². The van der Waals surface area contributed by atoms with Crippen molar-refractivity contribution in [2.24, 2.45) is 11.3 Å². The number of nitrogens with one attached hydrogen (secondary N) is 1. The maximum atomic E-state index is 13.4. The summed E-state index contributed by atoms with van der Waals surface area (Å²) in [5, 5.41) is 12.6. The molecule has 0 radical (unpaired) electrons. The van der Waals surface area contributed by atoms with Crippen LogP contribution in [0.4, 0.5) is 5.69 Å². The molecule has 1 unspecified atom stereocenters. The molecule has 7 aliphatic rings. The maximum Gasteiger partial charge on any atom is 0.255 e. The van der Waals surface area contributed by atoms with Gasteiger partial charge in [-0.25, -0.2) is 0 Å². The van der Waals surface area contributed by atoms with Gasteiger partial charge in [-0.05, 0) is 111 Å². The molecule has 10 nitrogen and oxygen atoms in total. The van der Waals surface area contributed by atoms with E-state index in [2.05, 4.69) is 75.8 Å². The molecular weight excluding hydrogens is 741 g/mol. The third-order valence-electron chi connectivity index (χ3n) is 15.2. The van der Waals surface area contributed by atoms with Gasteiger partial charge in [0.1, 0.15) is 23.3 Å². The maximum absolute atomic E-state index is 13.4. The molecule has 3 atom stereocenters. The predicted octanol–water partition coefficient (Wildman–Crippen LogP) is 6.88. The van der Waals surface area contributed by atoms with Gasteiger partial charge in [0.25, 0.3) is 5.91 Å². The zero-order valence-electron chi connectivity index (χ0n) is 33.5. The molecule has 1 saturated carbocycles. The number of phenolic OH excluding ortho intramolecular Hbond substituents is 1.